The second kappa shape index (κ2) is 7.51. The summed E-state index contributed by atoms with van der Waals surface area (Å²) in [5, 5.41) is 3.53. The van der Waals surface area contributed by atoms with Gasteiger partial charge in [0.2, 0.25) is 5.56 Å². The molecule has 1 fully saturated rings. The van der Waals surface area contributed by atoms with Gasteiger partial charge in [-0.2, -0.15) is 0 Å². The molecule has 0 unspecified atom stereocenters. The molecule has 0 spiro atoms. The van der Waals surface area contributed by atoms with Gasteiger partial charge in [-0.1, -0.05) is 37.5 Å². The van der Waals surface area contributed by atoms with Gasteiger partial charge in [0, 0.05) is 23.0 Å². The number of hydrogen-bond acceptors (Lipinski definition) is 4. The Bertz CT molecular complexity index is 837. The Kier molecular flexibility index (Phi) is 5.16. The van der Waals surface area contributed by atoms with E-state index in [2.05, 4.69) is 10.3 Å². The van der Waals surface area contributed by atoms with Crippen LogP contribution in [0.2, 0.25) is 0 Å². The zero-order valence-electron chi connectivity index (χ0n) is 14.2. The first kappa shape index (κ1) is 17.2. The number of amides is 1. The minimum Gasteiger partial charge on any atom is -0.449 e. The Morgan fingerprint density at radius 1 is 1.20 bits per heavy atom. The van der Waals surface area contributed by atoms with Crippen molar-refractivity contribution < 1.29 is 14.3 Å². The highest BCUT2D eigenvalue weighted by Crippen LogP contribution is 2.18. The summed E-state index contributed by atoms with van der Waals surface area (Å²) in [5.74, 6) is -0.969. The van der Waals surface area contributed by atoms with E-state index in [1.807, 2.05) is 0 Å². The normalized spacial score (nSPS) is 16.4. The number of H-pyrrole nitrogens is 1. The van der Waals surface area contributed by atoms with Crippen LogP contribution in [-0.4, -0.2) is 29.0 Å². The van der Waals surface area contributed by atoms with Gasteiger partial charge in [-0.25, -0.2) is 4.79 Å². The molecule has 1 saturated carbocycles. The van der Waals surface area contributed by atoms with E-state index in [-0.39, 0.29) is 23.1 Å². The lowest BCUT2D eigenvalue weighted by molar-refractivity contribution is -0.130. The maximum Gasteiger partial charge on any atom is 0.339 e. The highest BCUT2D eigenvalue weighted by atomic mass is 16.5. The lowest BCUT2D eigenvalue weighted by Crippen LogP contribution is -2.42. The van der Waals surface area contributed by atoms with Gasteiger partial charge in [0.25, 0.3) is 5.91 Å². The first-order valence-corrected chi connectivity index (χ1v) is 8.68. The number of esters is 1. The van der Waals surface area contributed by atoms with E-state index in [0.717, 1.165) is 25.7 Å². The molecule has 132 valence electrons. The van der Waals surface area contributed by atoms with Gasteiger partial charge in [0.05, 0.1) is 5.56 Å². The van der Waals surface area contributed by atoms with Gasteiger partial charge in [-0.3, -0.25) is 9.59 Å². The Balaban J connectivity index is 1.71. The van der Waals surface area contributed by atoms with E-state index in [1.165, 1.54) is 12.5 Å². The molecule has 1 aromatic carbocycles. The molecule has 1 aliphatic carbocycles. The zero-order chi connectivity index (χ0) is 17.8. The second-order valence-corrected chi connectivity index (χ2v) is 6.48. The lowest BCUT2D eigenvalue weighted by Gasteiger charge is -2.24. The van der Waals surface area contributed by atoms with Crippen molar-refractivity contribution in [2.24, 2.45) is 0 Å². The predicted molar refractivity (Wildman–Crippen MR) is 94.5 cm³/mol. The van der Waals surface area contributed by atoms with Gasteiger partial charge in [0.15, 0.2) is 6.10 Å². The fourth-order valence-corrected chi connectivity index (χ4v) is 3.22. The van der Waals surface area contributed by atoms with Crippen molar-refractivity contribution in [3.05, 3.63) is 46.2 Å². The second-order valence-electron chi connectivity index (χ2n) is 6.48. The third kappa shape index (κ3) is 4.07. The average molecular weight is 342 g/mol. The number of rotatable bonds is 4. The molecule has 25 heavy (non-hydrogen) atoms. The summed E-state index contributed by atoms with van der Waals surface area (Å²) < 4.78 is 5.30. The Morgan fingerprint density at radius 2 is 1.92 bits per heavy atom. The van der Waals surface area contributed by atoms with Crippen LogP contribution in [0.25, 0.3) is 10.9 Å². The van der Waals surface area contributed by atoms with Crippen LogP contribution in [0.1, 0.15) is 49.4 Å². The van der Waals surface area contributed by atoms with E-state index >= 15 is 0 Å². The third-order valence-corrected chi connectivity index (χ3v) is 4.58. The van der Waals surface area contributed by atoms with Crippen molar-refractivity contribution in [1.82, 2.24) is 10.3 Å². The number of nitrogens with one attached hydrogen (secondary N) is 2. The molecule has 3 rings (SSSR count). The topological polar surface area (TPSA) is 88.3 Å². The molecule has 1 aromatic heterocycles. The first-order chi connectivity index (χ1) is 12.0. The Hall–Kier alpha value is -2.63. The number of carbonyl (C=O) groups excluding carboxylic acids is 2. The molecule has 1 amide bonds. The van der Waals surface area contributed by atoms with E-state index in [4.69, 9.17) is 4.74 Å². The lowest BCUT2D eigenvalue weighted by atomic mass is 9.95. The number of aromatic nitrogens is 1. The van der Waals surface area contributed by atoms with Gasteiger partial charge >= 0.3 is 5.97 Å². The summed E-state index contributed by atoms with van der Waals surface area (Å²) in [6.45, 7) is 1.55. The van der Waals surface area contributed by atoms with Gasteiger partial charge in [-0.05, 0) is 25.8 Å². The molecule has 0 aliphatic heterocycles. The molecular weight excluding hydrogens is 320 g/mol. The number of ether oxygens (including phenoxy) is 1. The molecule has 6 nitrogen and oxygen atoms in total. The van der Waals surface area contributed by atoms with Crippen LogP contribution in [0.4, 0.5) is 0 Å². The summed E-state index contributed by atoms with van der Waals surface area (Å²) in [4.78, 5) is 39.1. The standard InChI is InChI=1S/C19H22N2O4/c1-12(18(23)20-13-7-3-2-4-8-13)25-19(24)15-11-17(22)21-16-10-6-5-9-14(15)16/h5-6,9-13H,2-4,7-8H2,1H3,(H,20,23)(H,21,22)/t12-/m1/s1. The number of carbonyl (C=O) groups is 2. The largest absolute Gasteiger partial charge is 0.449 e. The molecule has 1 aliphatic rings. The predicted octanol–water partition coefficient (Wildman–Crippen LogP) is 2.52. The van der Waals surface area contributed by atoms with Crippen LogP contribution in [0.3, 0.4) is 0 Å². The molecule has 0 saturated heterocycles. The van der Waals surface area contributed by atoms with Gasteiger partial charge in [-0.15, -0.1) is 0 Å². The molecule has 0 bridgehead atoms. The fourth-order valence-electron chi connectivity index (χ4n) is 3.22. The first-order valence-electron chi connectivity index (χ1n) is 8.68. The van der Waals surface area contributed by atoms with Crippen LogP contribution < -0.4 is 10.9 Å². The molecule has 2 N–H and O–H groups in total. The molecule has 1 heterocycles. The van der Waals surface area contributed by atoms with Crippen LogP contribution in [-0.2, 0) is 9.53 Å². The zero-order valence-corrected chi connectivity index (χ0v) is 14.2. The number of aromatic amines is 1. The maximum absolute atomic E-state index is 12.5. The number of fused-ring (bicyclic) bond motifs is 1. The molecule has 2 aromatic rings. The summed E-state index contributed by atoms with van der Waals surface area (Å²) >= 11 is 0. The summed E-state index contributed by atoms with van der Waals surface area (Å²) in [6, 6.07) is 8.35. The van der Waals surface area contributed by atoms with Crippen molar-refractivity contribution in [2.75, 3.05) is 0 Å². The minimum atomic E-state index is -0.910. The quantitative estimate of drug-likeness (QED) is 0.836. The summed E-state index contributed by atoms with van der Waals surface area (Å²) in [6.07, 6.45) is 4.44. The van der Waals surface area contributed by atoms with E-state index in [9.17, 15) is 14.4 Å². The van der Waals surface area contributed by atoms with Crippen molar-refractivity contribution in [3.63, 3.8) is 0 Å². The maximum atomic E-state index is 12.5. The number of hydrogen-bond donors (Lipinski definition) is 2. The SMILES string of the molecule is C[C@@H](OC(=O)c1cc(=O)[nH]c2ccccc12)C(=O)NC1CCCCC1. The van der Waals surface area contributed by atoms with Gasteiger partial charge < -0.3 is 15.0 Å². The van der Waals surface area contributed by atoms with Crippen molar-refractivity contribution >= 4 is 22.8 Å². The molecule has 1 atom stereocenters. The van der Waals surface area contributed by atoms with Crippen molar-refractivity contribution in [2.45, 2.75) is 51.2 Å². The highest BCUT2D eigenvalue weighted by molar-refractivity contribution is 6.03. The van der Waals surface area contributed by atoms with Crippen molar-refractivity contribution in [3.8, 4) is 0 Å². The minimum absolute atomic E-state index is 0.155. The van der Waals surface area contributed by atoms with E-state index < -0.39 is 12.1 Å². The fraction of sp³-hybridized carbons (Fsp3) is 0.421. The van der Waals surface area contributed by atoms with Crippen LogP contribution >= 0.6 is 0 Å². The number of para-hydroxylation sites is 1. The summed E-state index contributed by atoms with van der Waals surface area (Å²) in [7, 11) is 0. The van der Waals surface area contributed by atoms with Crippen molar-refractivity contribution in [1.29, 1.82) is 0 Å². The molecule has 6 heteroatoms. The van der Waals surface area contributed by atoms with Crippen LogP contribution in [0.15, 0.2) is 35.1 Å². The molecular formula is C19H22N2O4. The summed E-state index contributed by atoms with van der Waals surface area (Å²) in [5.41, 5.74) is 0.336. The Morgan fingerprint density at radius 3 is 2.68 bits per heavy atom. The number of benzene rings is 1. The Labute approximate surface area is 145 Å². The van der Waals surface area contributed by atoms with E-state index in [1.54, 1.807) is 31.2 Å². The monoisotopic (exact) mass is 342 g/mol. The third-order valence-electron chi connectivity index (χ3n) is 4.58. The van der Waals surface area contributed by atoms with Crippen LogP contribution in [0, 0.1) is 0 Å². The van der Waals surface area contributed by atoms with E-state index in [0.29, 0.717) is 10.9 Å². The smallest absolute Gasteiger partial charge is 0.339 e. The number of pyridine rings is 1. The van der Waals surface area contributed by atoms with Gasteiger partial charge in [0.1, 0.15) is 0 Å². The average Bonchev–Trinajstić information content (AvgIpc) is 2.61. The molecule has 0 radical (unpaired) electrons. The van der Waals surface area contributed by atoms with Crippen LogP contribution in [0.5, 0.6) is 0 Å². The highest BCUT2D eigenvalue weighted by Gasteiger charge is 2.23.